The topological polar surface area (TPSA) is 104 Å². The third-order valence-electron chi connectivity index (χ3n) is 6.04. The van der Waals surface area contributed by atoms with Gasteiger partial charge in [-0.1, -0.05) is 0 Å². The van der Waals surface area contributed by atoms with Crippen molar-refractivity contribution in [2.75, 3.05) is 36.6 Å². The molecular weight excluding hydrogens is 475 g/mol. The first-order chi connectivity index (χ1) is 16.7. The Labute approximate surface area is 203 Å². The van der Waals surface area contributed by atoms with E-state index in [1.54, 1.807) is 12.1 Å². The summed E-state index contributed by atoms with van der Waals surface area (Å²) in [5.41, 5.74) is 2.38. The molecule has 2 fully saturated rings. The predicted octanol–water partition coefficient (Wildman–Crippen LogP) is 3.44. The Morgan fingerprint density at radius 1 is 1.23 bits per heavy atom. The van der Waals surface area contributed by atoms with Gasteiger partial charge in [-0.25, -0.2) is 18.6 Å². The molecule has 0 amide bonds. The lowest BCUT2D eigenvalue weighted by atomic mass is 10.1. The van der Waals surface area contributed by atoms with Crippen molar-refractivity contribution in [2.24, 2.45) is 0 Å². The number of hydrogen-bond acceptors (Lipinski definition) is 8. The summed E-state index contributed by atoms with van der Waals surface area (Å²) in [5.74, 6) is 4.54. The van der Waals surface area contributed by atoms with Crippen LogP contribution in [0.5, 0.6) is 11.5 Å². The van der Waals surface area contributed by atoms with E-state index in [9.17, 15) is 8.60 Å². The van der Waals surface area contributed by atoms with Crippen LogP contribution in [0.15, 0.2) is 30.6 Å². The third-order valence-corrected chi connectivity index (χ3v) is 6.69. The monoisotopic (exact) mass is 502 g/mol. The maximum absolute atomic E-state index is 14.2. The zero-order valence-corrected chi connectivity index (χ0v) is 20.5. The van der Waals surface area contributed by atoms with Gasteiger partial charge in [0, 0.05) is 39.6 Å². The number of anilines is 3. The molecule has 9 nitrogen and oxygen atoms in total. The number of nitrogens with one attached hydrogen (secondary N) is 2. The first kappa shape index (κ1) is 23.6. The minimum absolute atomic E-state index is 0.00447. The molecule has 2 aliphatic heterocycles. The van der Waals surface area contributed by atoms with E-state index in [1.807, 2.05) is 6.92 Å². The van der Waals surface area contributed by atoms with Gasteiger partial charge in [0.2, 0.25) is 0 Å². The Morgan fingerprint density at radius 3 is 2.83 bits per heavy atom. The lowest BCUT2D eigenvalue weighted by Gasteiger charge is -2.21. The van der Waals surface area contributed by atoms with Crippen LogP contribution in [-0.4, -0.2) is 64.9 Å². The molecule has 0 bridgehead atoms. The Bertz CT molecular complexity index is 1380. The number of nitrogens with zero attached hydrogens (tertiary/aromatic N) is 2. The van der Waals surface area contributed by atoms with Gasteiger partial charge in [0.25, 0.3) is 0 Å². The zero-order chi connectivity index (χ0) is 24.7. The predicted molar refractivity (Wildman–Crippen MR) is 134 cm³/mol. The van der Waals surface area contributed by atoms with Crippen LogP contribution in [-0.2, 0) is 19.2 Å². The van der Waals surface area contributed by atoms with Crippen LogP contribution in [0.25, 0.3) is 10.9 Å². The fourth-order valence-corrected chi connectivity index (χ4v) is 5.20. The number of ether oxygens (including phenoxy) is 4. The Hall–Kier alpha value is -3.15. The molecule has 1 aromatic heterocycles. The average Bonchev–Trinajstić information content (AvgIpc) is 3.40. The van der Waals surface area contributed by atoms with Gasteiger partial charge in [-0.3, -0.25) is 0 Å². The maximum atomic E-state index is 14.2. The molecule has 5 rings (SSSR count). The highest BCUT2D eigenvalue weighted by molar-refractivity contribution is 8.00. The Morgan fingerprint density at radius 2 is 2.06 bits per heavy atom. The smallest absolute Gasteiger partial charge is 0.151 e. The van der Waals surface area contributed by atoms with Crippen molar-refractivity contribution in [3.05, 3.63) is 42.0 Å². The highest BCUT2D eigenvalue weighted by atomic mass is 32.2. The second-order valence-corrected chi connectivity index (χ2v) is 10.9. The first-order valence-corrected chi connectivity index (χ1v) is 13.3. The van der Waals surface area contributed by atoms with E-state index in [1.165, 1.54) is 31.8 Å². The van der Waals surface area contributed by atoms with E-state index < -0.39 is 15.5 Å². The number of rotatable bonds is 7. The van der Waals surface area contributed by atoms with E-state index in [0.29, 0.717) is 52.8 Å². The van der Waals surface area contributed by atoms with Crippen molar-refractivity contribution in [3.63, 3.8) is 0 Å². The van der Waals surface area contributed by atoms with E-state index in [0.717, 1.165) is 12.0 Å². The second kappa shape index (κ2) is 9.14. The molecule has 11 heteroatoms. The summed E-state index contributed by atoms with van der Waals surface area (Å²) in [6, 6.07) is 6.01. The normalized spacial score (nSPS) is 23.0. The Balaban J connectivity index is 1.52. The fraction of sp³-hybridized carbons (Fsp3) is 0.375. The molecule has 2 N–H and O–H groups in total. The van der Waals surface area contributed by atoms with Crippen LogP contribution in [0.3, 0.4) is 0 Å². The summed E-state index contributed by atoms with van der Waals surface area (Å²) in [4.78, 5) is 8.81. The summed E-state index contributed by atoms with van der Waals surface area (Å²) in [6.45, 7) is 2.85. The molecular formula is C24H27FN4O5S. The van der Waals surface area contributed by atoms with Crippen molar-refractivity contribution in [3.8, 4) is 11.5 Å². The van der Waals surface area contributed by atoms with E-state index >= 15 is 0 Å². The van der Waals surface area contributed by atoms with Gasteiger partial charge in [0.1, 0.15) is 35.6 Å². The summed E-state index contributed by atoms with van der Waals surface area (Å²) in [6.07, 6.45) is 3.23. The van der Waals surface area contributed by atoms with Crippen molar-refractivity contribution < 1.29 is 27.5 Å². The van der Waals surface area contributed by atoms with E-state index in [-0.39, 0.29) is 18.3 Å². The highest BCUT2D eigenvalue weighted by Crippen LogP contribution is 2.40. The van der Waals surface area contributed by atoms with Gasteiger partial charge >= 0.3 is 0 Å². The molecule has 4 atom stereocenters. The molecule has 2 aromatic carbocycles. The lowest BCUT2D eigenvalue weighted by Crippen LogP contribution is -2.32. The largest absolute Gasteiger partial charge is 0.494 e. The fourth-order valence-electron chi connectivity index (χ4n) is 4.58. The van der Waals surface area contributed by atoms with E-state index in [4.69, 9.17) is 18.9 Å². The number of hydrogen-bond donors (Lipinski definition) is 2. The van der Waals surface area contributed by atoms with Crippen LogP contribution >= 0.6 is 0 Å². The molecule has 0 spiro atoms. The minimum atomic E-state index is -2.54. The summed E-state index contributed by atoms with van der Waals surface area (Å²) in [7, 11) is -1.01. The second-order valence-electron chi connectivity index (χ2n) is 8.72. The van der Waals surface area contributed by atoms with Gasteiger partial charge in [-0.05, 0) is 37.4 Å². The van der Waals surface area contributed by atoms with E-state index in [2.05, 4.69) is 25.9 Å². The number of aryl methyl sites for hydroxylation is 1. The van der Waals surface area contributed by atoms with Crippen molar-refractivity contribution in [2.45, 2.75) is 31.7 Å². The number of methoxy groups -OCH3 is 1. The molecule has 186 valence electrons. The molecule has 3 aromatic rings. The van der Waals surface area contributed by atoms with Crippen LogP contribution in [0.2, 0.25) is 0 Å². The average molecular weight is 503 g/mol. The Kier molecular flexibility index (Phi) is 6.16. The number of halogens is 1. The van der Waals surface area contributed by atoms with Gasteiger partial charge in [0.05, 0.1) is 36.7 Å². The number of benzene rings is 2. The molecule has 3 heterocycles. The maximum Gasteiger partial charge on any atom is 0.151 e. The molecule has 2 saturated heterocycles. The number of aromatic nitrogens is 2. The summed E-state index contributed by atoms with van der Waals surface area (Å²) >= 11 is 0. The van der Waals surface area contributed by atoms with Gasteiger partial charge in [0.15, 0.2) is 6.10 Å². The van der Waals surface area contributed by atoms with Crippen molar-refractivity contribution >= 4 is 43.7 Å². The molecule has 4 unspecified atom stereocenters. The van der Waals surface area contributed by atoms with Gasteiger partial charge < -0.3 is 29.0 Å². The third kappa shape index (κ3) is 4.71. The van der Waals surface area contributed by atoms with Crippen LogP contribution in [0.4, 0.5) is 21.6 Å². The van der Waals surface area contributed by atoms with Crippen LogP contribution in [0, 0.1) is 12.7 Å². The summed E-state index contributed by atoms with van der Waals surface area (Å²) in [5, 5.41) is 3.96. The quantitative estimate of drug-likeness (QED) is 0.474. The van der Waals surface area contributed by atoms with Crippen molar-refractivity contribution in [1.82, 2.24) is 9.97 Å². The lowest BCUT2D eigenvalue weighted by molar-refractivity contribution is 0.0310. The standard InChI is InChI=1S/C24H27FN4O5S/c1-13-21-16(10-17(22(13)31-2)29-35(3,4)30)26-12-27-24(21)28-15-6-5-14(25)9-19(15)34-20-11-33-18-7-8-32-23(18)20/h5-6,9-10,12,18,20,23H,3,7-8,11H2,1-2,4H3,(H,29,30)(H,26,27,28). The van der Waals surface area contributed by atoms with Crippen molar-refractivity contribution in [1.29, 1.82) is 0 Å². The van der Waals surface area contributed by atoms with Gasteiger partial charge in [-0.2, -0.15) is 0 Å². The van der Waals surface area contributed by atoms with Crippen LogP contribution in [0.1, 0.15) is 12.0 Å². The molecule has 35 heavy (non-hydrogen) atoms. The first-order valence-electron chi connectivity index (χ1n) is 11.1. The molecule has 2 aliphatic rings. The highest BCUT2D eigenvalue weighted by Gasteiger charge is 2.43. The molecule has 0 aliphatic carbocycles. The summed E-state index contributed by atoms with van der Waals surface area (Å²) < 4.78 is 52.6. The van der Waals surface area contributed by atoms with Gasteiger partial charge in [-0.15, -0.1) is 0 Å². The molecule has 0 radical (unpaired) electrons. The minimum Gasteiger partial charge on any atom is -0.494 e. The number of fused-ring (bicyclic) bond motifs is 2. The van der Waals surface area contributed by atoms with Crippen LogP contribution < -0.4 is 19.5 Å². The molecule has 0 saturated carbocycles. The zero-order valence-electron chi connectivity index (χ0n) is 19.7. The SMILES string of the molecule is C=S(C)(=O)Nc1cc2ncnc(Nc3ccc(F)cc3OC3COC4CCOC43)c2c(C)c1OC.